The number of aromatic amines is 1. The van der Waals surface area contributed by atoms with Crippen molar-refractivity contribution in [3.63, 3.8) is 0 Å². The fourth-order valence-electron chi connectivity index (χ4n) is 4.18. The molecule has 1 aromatic heterocycles. The first kappa shape index (κ1) is 26.1. The maximum absolute atomic E-state index is 12.9. The van der Waals surface area contributed by atoms with Crippen molar-refractivity contribution in [1.82, 2.24) is 4.98 Å². The van der Waals surface area contributed by atoms with E-state index in [4.69, 9.17) is 0 Å². The predicted molar refractivity (Wildman–Crippen MR) is 152 cm³/mol. The van der Waals surface area contributed by atoms with Crippen LogP contribution >= 0.6 is 0 Å². The van der Waals surface area contributed by atoms with Crippen LogP contribution in [-0.2, 0) is 10.0 Å². The average molecular weight is 556 g/mol. The Morgan fingerprint density at radius 2 is 1.62 bits per heavy atom. The second-order valence-corrected chi connectivity index (χ2v) is 10.3. The Bertz CT molecular complexity index is 1880. The van der Waals surface area contributed by atoms with Gasteiger partial charge in [0.2, 0.25) is 0 Å². The van der Waals surface area contributed by atoms with Crippen LogP contribution in [0.3, 0.4) is 0 Å². The number of fused-ring (bicyclic) bond motifs is 1. The van der Waals surface area contributed by atoms with Crippen molar-refractivity contribution in [2.45, 2.75) is 4.90 Å². The second-order valence-electron chi connectivity index (χ2n) is 8.59. The number of nitro benzene ring substituents is 1. The zero-order valence-corrected chi connectivity index (χ0v) is 21.4. The molecule has 0 aliphatic carbocycles. The molecule has 0 atom stereocenters. The Morgan fingerprint density at radius 3 is 2.38 bits per heavy atom. The molecule has 0 aliphatic heterocycles. The first-order valence-electron chi connectivity index (χ1n) is 11.8. The zero-order chi connectivity index (χ0) is 28.3. The van der Waals surface area contributed by atoms with Crippen molar-refractivity contribution < 1.29 is 23.2 Å². The van der Waals surface area contributed by atoms with Gasteiger partial charge in [0, 0.05) is 22.5 Å². The quantitative estimate of drug-likeness (QED) is 0.103. The van der Waals surface area contributed by atoms with Crippen molar-refractivity contribution in [1.29, 1.82) is 0 Å². The Labute approximate surface area is 228 Å². The van der Waals surface area contributed by atoms with Gasteiger partial charge in [0.15, 0.2) is 0 Å². The number of benzene rings is 4. The van der Waals surface area contributed by atoms with Crippen molar-refractivity contribution in [2.24, 2.45) is 5.10 Å². The molecule has 12 heteroatoms. The number of nitrogens with one attached hydrogen (secondary N) is 3. The summed E-state index contributed by atoms with van der Waals surface area (Å²) in [5.41, 5.74) is 5.04. The maximum Gasteiger partial charge on any atom is 0.337 e. The van der Waals surface area contributed by atoms with Crippen LogP contribution in [0.5, 0.6) is 0 Å². The summed E-state index contributed by atoms with van der Waals surface area (Å²) in [6.07, 6.45) is 1.54. The lowest BCUT2D eigenvalue weighted by atomic mass is 10.1. The summed E-state index contributed by atoms with van der Waals surface area (Å²) in [7, 11) is -4.35. The number of hydrogen-bond acceptors (Lipinski definition) is 7. The number of nitro groups is 1. The highest BCUT2D eigenvalue weighted by molar-refractivity contribution is 7.92. The van der Waals surface area contributed by atoms with Gasteiger partial charge in [0.25, 0.3) is 15.7 Å². The van der Waals surface area contributed by atoms with Crippen molar-refractivity contribution >= 4 is 50.2 Å². The van der Waals surface area contributed by atoms with Crippen molar-refractivity contribution in [2.75, 3.05) is 10.1 Å². The van der Waals surface area contributed by atoms with E-state index in [9.17, 15) is 28.4 Å². The third-order valence-corrected chi connectivity index (χ3v) is 7.43. The number of H-pyrrole nitrogens is 1. The number of rotatable bonds is 9. The standard InChI is InChI=1S/C28H21N5O6S/c34-28(35)21-11-5-7-13-24(21)32-40(38,39)19-14-15-25(26(16-19)33(36)37)31-29-17-22-20-10-4-6-12-23(20)30-27(22)18-8-2-1-3-9-18/h1-17,30-32H,(H,34,35)/b29-17-. The molecule has 0 amide bonds. The summed E-state index contributed by atoms with van der Waals surface area (Å²) >= 11 is 0. The highest BCUT2D eigenvalue weighted by Gasteiger charge is 2.23. The highest BCUT2D eigenvalue weighted by atomic mass is 32.2. The van der Waals surface area contributed by atoms with Crippen LogP contribution in [0.2, 0.25) is 0 Å². The van der Waals surface area contributed by atoms with Gasteiger partial charge in [0.05, 0.1) is 33.0 Å². The zero-order valence-electron chi connectivity index (χ0n) is 20.6. The van der Waals surface area contributed by atoms with Gasteiger partial charge >= 0.3 is 5.97 Å². The van der Waals surface area contributed by atoms with E-state index in [0.29, 0.717) is 0 Å². The minimum absolute atomic E-state index is 0.0350. The van der Waals surface area contributed by atoms with E-state index in [1.807, 2.05) is 54.6 Å². The average Bonchev–Trinajstić information content (AvgIpc) is 3.32. The van der Waals surface area contributed by atoms with Gasteiger partial charge in [0.1, 0.15) is 5.69 Å². The SMILES string of the molecule is O=C(O)c1ccccc1NS(=O)(=O)c1ccc(N/N=C\c2c(-c3ccccc3)[nH]c3ccccc23)c([N+](=O)[O-])c1. The minimum Gasteiger partial charge on any atom is -0.478 e. The molecule has 0 saturated carbocycles. The van der Waals surface area contributed by atoms with E-state index in [2.05, 4.69) is 20.2 Å². The van der Waals surface area contributed by atoms with E-state index in [0.717, 1.165) is 39.9 Å². The number of carboxylic acids is 1. The molecule has 0 fully saturated rings. The molecule has 0 unspecified atom stereocenters. The maximum atomic E-state index is 12.9. The lowest BCUT2D eigenvalue weighted by Crippen LogP contribution is -2.16. The summed E-state index contributed by atoms with van der Waals surface area (Å²) < 4.78 is 28.1. The summed E-state index contributed by atoms with van der Waals surface area (Å²) in [5, 5.41) is 26.3. The molecule has 11 nitrogen and oxygen atoms in total. The number of hydrazone groups is 1. The third-order valence-electron chi connectivity index (χ3n) is 6.07. The van der Waals surface area contributed by atoms with Crippen LogP contribution in [0.15, 0.2) is 107 Å². The molecule has 5 aromatic rings. The monoisotopic (exact) mass is 555 g/mol. The van der Waals surface area contributed by atoms with E-state index < -0.39 is 31.5 Å². The van der Waals surface area contributed by atoms with Gasteiger partial charge in [-0.25, -0.2) is 13.2 Å². The largest absolute Gasteiger partial charge is 0.478 e. The van der Waals surface area contributed by atoms with Crippen molar-refractivity contribution in [3.8, 4) is 11.3 Å². The Hall–Kier alpha value is -5.49. The first-order chi connectivity index (χ1) is 19.2. The molecule has 5 rings (SSSR count). The second kappa shape index (κ2) is 10.7. The van der Waals surface area contributed by atoms with Crippen LogP contribution in [-0.4, -0.2) is 35.6 Å². The first-order valence-corrected chi connectivity index (χ1v) is 13.3. The van der Waals surface area contributed by atoms with E-state index in [-0.39, 0.29) is 16.9 Å². The number of hydrogen-bond donors (Lipinski definition) is 4. The Balaban J connectivity index is 1.45. The lowest BCUT2D eigenvalue weighted by Gasteiger charge is -2.11. The van der Waals surface area contributed by atoms with Crippen LogP contribution in [0.4, 0.5) is 17.1 Å². The minimum atomic E-state index is -4.35. The molecule has 0 aliphatic rings. The predicted octanol–water partition coefficient (Wildman–Crippen LogP) is 5.69. The van der Waals surface area contributed by atoms with Crippen LogP contribution in [0.25, 0.3) is 22.2 Å². The van der Waals surface area contributed by atoms with Crippen LogP contribution in [0.1, 0.15) is 15.9 Å². The molecule has 4 N–H and O–H groups in total. The fourth-order valence-corrected chi connectivity index (χ4v) is 5.28. The Kier molecular flexibility index (Phi) is 7.00. The molecule has 0 bridgehead atoms. The van der Waals surface area contributed by atoms with E-state index in [1.54, 1.807) is 6.21 Å². The van der Waals surface area contributed by atoms with Crippen molar-refractivity contribution in [3.05, 3.63) is 118 Å². The number of nitrogens with zero attached hydrogens (tertiary/aromatic N) is 2. The topological polar surface area (TPSA) is 167 Å². The number of carbonyl (C=O) groups is 1. The summed E-state index contributed by atoms with van der Waals surface area (Å²) in [6.45, 7) is 0. The Morgan fingerprint density at radius 1 is 0.925 bits per heavy atom. The molecular weight excluding hydrogens is 534 g/mol. The van der Waals surface area contributed by atoms with Gasteiger partial charge in [-0.2, -0.15) is 5.10 Å². The normalized spacial score (nSPS) is 11.5. The highest BCUT2D eigenvalue weighted by Crippen LogP contribution is 2.31. The molecular formula is C28H21N5O6S. The van der Waals surface area contributed by atoms with Gasteiger partial charge in [-0.15, -0.1) is 0 Å². The smallest absolute Gasteiger partial charge is 0.337 e. The number of aromatic carboxylic acids is 1. The molecule has 40 heavy (non-hydrogen) atoms. The number of carboxylic acid groups (broad SMARTS) is 1. The van der Waals surface area contributed by atoms with Gasteiger partial charge in [-0.3, -0.25) is 20.3 Å². The van der Waals surface area contributed by atoms with Crippen LogP contribution < -0.4 is 10.1 Å². The number of anilines is 2. The number of sulfonamides is 1. The molecule has 1 heterocycles. The summed E-state index contributed by atoms with van der Waals surface area (Å²) in [4.78, 5) is 25.5. The summed E-state index contributed by atoms with van der Waals surface area (Å²) in [6, 6.07) is 26.0. The molecule has 200 valence electrons. The lowest BCUT2D eigenvalue weighted by molar-refractivity contribution is -0.384. The number of aromatic nitrogens is 1. The van der Waals surface area contributed by atoms with Gasteiger partial charge in [-0.1, -0.05) is 60.7 Å². The van der Waals surface area contributed by atoms with Gasteiger partial charge < -0.3 is 10.1 Å². The molecule has 0 radical (unpaired) electrons. The summed E-state index contributed by atoms with van der Waals surface area (Å²) in [5.74, 6) is -1.33. The van der Waals surface area contributed by atoms with Gasteiger partial charge in [-0.05, 0) is 35.9 Å². The number of para-hydroxylation sites is 2. The van der Waals surface area contributed by atoms with E-state index >= 15 is 0 Å². The molecule has 0 saturated heterocycles. The van der Waals surface area contributed by atoms with Crippen LogP contribution in [0, 0.1) is 10.1 Å². The third kappa shape index (κ3) is 5.24. The van der Waals surface area contributed by atoms with E-state index in [1.165, 1.54) is 30.3 Å². The molecule has 4 aromatic carbocycles. The fraction of sp³-hybridized carbons (Fsp3) is 0. The molecule has 0 spiro atoms.